The number of likely N-dealkylation sites (tertiary alicyclic amines) is 1. The van der Waals surface area contributed by atoms with Crippen molar-refractivity contribution in [2.45, 2.75) is 19.3 Å². The van der Waals surface area contributed by atoms with Crippen molar-refractivity contribution in [1.82, 2.24) is 19.5 Å². The van der Waals surface area contributed by atoms with Crippen LogP contribution in [0.4, 0.5) is 0 Å². The Hall–Kier alpha value is -0.950. The first-order valence-corrected chi connectivity index (χ1v) is 7.74. The number of rotatable bonds is 1. The normalized spacial score (nSPS) is 16.0. The van der Waals surface area contributed by atoms with E-state index >= 15 is 0 Å². The molecule has 7 heteroatoms. The minimum Gasteiger partial charge on any atom is -0.337 e. The number of piperidine rings is 1. The molecule has 0 atom stereocenters. The fraction of sp³-hybridized carbons (Fsp3) is 0.417. The lowest BCUT2D eigenvalue weighted by atomic mass is 10.1. The predicted octanol–water partition coefficient (Wildman–Crippen LogP) is 2.88. The van der Waals surface area contributed by atoms with Gasteiger partial charge in [-0.2, -0.15) is 5.10 Å². The highest BCUT2D eigenvalue weighted by Gasteiger charge is 2.24. The smallest absolute Gasteiger partial charge is 0.275 e. The van der Waals surface area contributed by atoms with Crippen LogP contribution in [-0.4, -0.2) is 38.5 Å². The summed E-state index contributed by atoms with van der Waals surface area (Å²) < 4.78 is 3.10. The molecule has 1 saturated heterocycles. The molecule has 1 fully saturated rings. The second-order valence-corrected chi connectivity index (χ2v) is 6.26. The summed E-state index contributed by atoms with van der Waals surface area (Å²) in [6.45, 7) is 1.63. The molecule has 5 nitrogen and oxygen atoms in total. The van der Waals surface area contributed by atoms with Gasteiger partial charge >= 0.3 is 0 Å². The number of aromatic nitrogens is 3. The Morgan fingerprint density at radius 3 is 2.68 bits per heavy atom. The zero-order valence-corrected chi connectivity index (χ0v) is 13.3. The molecule has 2 aromatic rings. The number of carbonyl (C=O) groups excluding carboxylic acids is 1. The second kappa shape index (κ2) is 5.20. The molecule has 1 aliphatic heterocycles. The maximum atomic E-state index is 12.5. The van der Waals surface area contributed by atoms with Crippen molar-refractivity contribution in [1.29, 1.82) is 0 Å². The Kier molecular flexibility index (Phi) is 3.58. The molecule has 3 rings (SSSR count). The average molecular weight is 388 g/mol. The number of carbonyl (C=O) groups is 1. The molecule has 1 aliphatic rings. The van der Waals surface area contributed by atoms with Gasteiger partial charge in [0, 0.05) is 25.5 Å². The predicted molar refractivity (Wildman–Crippen MR) is 78.1 cm³/mol. The SMILES string of the molecule is O=C(c1nn2cc(Br)cnc2c1Br)N1CCCCC1. The number of nitrogens with zero attached hydrogens (tertiary/aromatic N) is 4. The standard InChI is InChI=1S/C12H12Br2N4O/c13-8-6-15-11-9(14)10(16-18(11)7-8)12(19)17-4-2-1-3-5-17/h6-7H,1-5H2. The summed E-state index contributed by atoms with van der Waals surface area (Å²) in [6, 6.07) is 0. The van der Waals surface area contributed by atoms with E-state index in [0.29, 0.717) is 15.8 Å². The molecule has 0 N–H and O–H groups in total. The van der Waals surface area contributed by atoms with Gasteiger partial charge < -0.3 is 4.90 Å². The van der Waals surface area contributed by atoms with Crippen LogP contribution in [0.3, 0.4) is 0 Å². The van der Waals surface area contributed by atoms with Crippen molar-refractivity contribution in [3.8, 4) is 0 Å². The van der Waals surface area contributed by atoms with E-state index in [0.717, 1.165) is 30.4 Å². The fourth-order valence-electron chi connectivity index (χ4n) is 2.27. The summed E-state index contributed by atoms with van der Waals surface area (Å²) in [6.07, 6.45) is 6.82. The molecule has 2 aromatic heterocycles. The van der Waals surface area contributed by atoms with Crippen molar-refractivity contribution < 1.29 is 4.79 Å². The Morgan fingerprint density at radius 1 is 1.21 bits per heavy atom. The first-order valence-electron chi connectivity index (χ1n) is 6.15. The van der Waals surface area contributed by atoms with Crippen LogP contribution in [0.15, 0.2) is 21.3 Å². The molecule has 0 aromatic carbocycles. The van der Waals surface area contributed by atoms with Crippen molar-refractivity contribution >= 4 is 43.4 Å². The Bertz CT molecular complexity index is 634. The van der Waals surface area contributed by atoms with Gasteiger partial charge in [-0.15, -0.1) is 0 Å². The Morgan fingerprint density at radius 2 is 1.95 bits per heavy atom. The number of halogens is 2. The van der Waals surface area contributed by atoms with E-state index in [-0.39, 0.29) is 5.91 Å². The molecular weight excluding hydrogens is 376 g/mol. The van der Waals surface area contributed by atoms with Crippen LogP contribution < -0.4 is 0 Å². The lowest BCUT2D eigenvalue weighted by Crippen LogP contribution is -2.36. The maximum absolute atomic E-state index is 12.5. The van der Waals surface area contributed by atoms with Crippen LogP contribution in [0.2, 0.25) is 0 Å². The minimum absolute atomic E-state index is 0.0202. The first kappa shape index (κ1) is 13.1. The van der Waals surface area contributed by atoms with Crippen LogP contribution in [-0.2, 0) is 0 Å². The van der Waals surface area contributed by atoms with Crippen LogP contribution in [0.5, 0.6) is 0 Å². The van der Waals surface area contributed by atoms with Crippen molar-refractivity contribution in [3.05, 3.63) is 27.0 Å². The average Bonchev–Trinajstić information content (AvgIpc) is 2.75. The van der Waals surface area contributed by atoms with Crippen LogP contribution >= 0.6 is 31.9 Å². The van der Waals surface area contributed by atoms with Crippen LogP contribution in [0.25, 0.3) is 5.65 Å². The van der Waals surface area contributed by atoms with E-state index in [1.807, 2.05) is 4.90 Å². The molecule has 3 heterocycles. The molecule has 19 heavy (non-hydrogen) atoms. The third-order valence-electron chi connectivity index (χ3n) is 3.23. The monoisotopic (exact) mass is 386 g/mol. The first-order chi connectivity index (χ1) is 9.16. The van der Waals surface area contributed by atoms with E-state index in [1.54, 1.807) is 16.9 Å². The van der Waals surface area contributed by atoms with E-state index in [1.165, 1.54) is 6.42 Å². The minimum atomic E-state index is -0.0202. The Labute approximate surface area is 127 Å². The lowest BCUT2D eigenvalue weighted by Gasteiger charge is -2.25. The van der Waals surface area contributed by atoms with Gasteiger partial charge in [-0.25, -0.2) is 9.50 Å². The summed E-state index contributed by atoms with van der Waals surface area (Å²) >= 11 is 6.78. The molecule has 0 bridgehead atoms. The zero-order chi connectivity index (χ0) is 13.4. The zero-order valence-electron chi connectivity index (χ0n) is 10.1. The van der Waals surface area contributed by atoms with Crippen molar-refractivity contribution in [2.24, 2.45) is 0 Å². The number of hydrogen-bond donors (Lipinski definition) is 0. The summed E-state index contributed by atoms with van der Waals surface area (Å²) in [5, 5.41) is 4.33. The van der Waals surface area contributed by atoms with E-state index in [4.69, 9.17) is 0 Å². The molecule has 1 amide bonds. The van der Waals surface area contributed by atoms with E-state index < -0.39 is 0 Å². The molecule has 0 spiro atoms. The number of fused-ring (bicyclic) bond motifs is 1. The largest absolute Gasteiger partial charge is 0.337 e. The lowest BCUT2D eigenvalue weighted by molar-refractivity contribution is 0.0717. The van der Waals surface area contributed by atoms with E-state index in [9.17, 15) is 4.79 Å². The highest BCUT2D eigenvalue weighted by molar-refractivity contribution is 9.11. The summed E-state index contributed by atoms with van der Waals surface area (Å²) in [7, 11) is 0. The quantitative estimate of drug-likeness (QED) is 0.755. The molecule has 0 saturated carbocycles. The van der Waals surface area contributed by atoms with Crippen LogP contribution in [0, 0.1) is 0 Å². The van der Waals surface area contributed by atoms with Gasteiger partial charge in [0.25, 0.3) is 5.91 Å². The third-order valence-corrected chi connectivity index (χ3v) is 4.37. The molecule has 0 unspecified atom stereocenters. The summed E-state index contributed by atoms with van der Waals surface area (Å²) in [5.74, 6) is -0.0202. The van der Waals surface area contributed by atoms with Crippen molar-refractivity contribution in [3.63, 3.8) is 0 Å². The summed E-state index contributed by atoms with van der Waals surface area (Å²) in [5.41, 5.74) is 1.09. The fourth-order valence-corrected chi connectivity index (χ4v) is 3.10. The molecule has 0 aliphatic carbocycles. The summed E-state index contributed by atoms with van der Waals surface area (Å²) in [4.78, 5) is 18.6. The van der Waals surface area contributed by atoms with Gasteiger partial charge in [-0.3, -0.25) is 4.79 Å². The highest BCUT2D eigenvalue weighted by atomic mass is 79.9. The number of hydrogen-bond acceptors (Lipinski definition) is 3. The van der Waals surface area contributed by atoms with Gasteiger partial charge in [-0.05, 0) is 51.1 Å². The van der Waals surface area contributed by atoms with Gasteiger partial charge in [0.2, 0.25) is 0 Å². The molecule has 0 radical (unpaired) electrons. The molecular formula is C12H12Br2N4O. The van der Waals surface area contributed by atoms with Gasteiger partial charge in [-0.1, -0.05) is 0 Å². The maximum Gasteiger partial charge on any atom is 0.275 e. The topological polar surface area (TPSA) is 50.5 Å². The number of amides is 1. The van der Waals surface area contributed by atoms with Gasteiger partial charge in [0.1, 0.15) is 0 Å². The van der Waals surface area contributed by atoms with Gasteiger partial charge in [0.15, 0.2) is 11.3 Å². The highest BCUT2D eigenvalue weighted by Crippen LogP contribution is 2.24. The van der Waals surface area contributed by atoms with Crippen LogP contribution in [0.1, 0.15) is 29.8 Å². The van der Waals surface area contributed by atoms with Gasteiger partial charge in [0.05, 0.1) is 8.95 Å². The second-order valence-electron chi connectivity index (χ2n) is 4.56. The molecule has 100 valence electrons. The third kappa shape index (κ3) is 2.41. The van der Waals surface area contributed by atoms with E-state index in [2.05, 4.69) is 41.9 Å². The Balaban J connectivity index is 2.00. The van der Waals surface area contributed by atoms with Crippen molar-refractivity contribution in [2.75, 3.05) is 13.1 Å².